The van der Waals surface area contributed by atoms with Crippen LogP contribution in [0.3, 0.4) is 0 Å². The number of carbonyl (C=O) groups excluding carboxylic acids is 2. The molecular formula is C37H41N5O3. The number of nitrogens with zero attached hydrogens (tertiary/aromatic N) is 5. The molecule has 0 atom stereocenters. The third kappa shape index (κ3) is 6.18. The van der Waals surface area contributed by atoms with Gasteiger partial charge in [-0.2, -0.15) is 0 Å². The van der Waals surface area contributed by atoms with E-state index in [0.29, 0.717) is 24.3 Å². The lowest BCUT2D eigenvalue weighted by Gasteiger charge is -2.36. The van der Waals surface area contributed by atoms with Crippen LogP contribution in [0.15, 0.2) is 84.9 Å². The largest absolute Gasteiger partial charge is 0.379 e. The van der Waals surface area contributed by atoms with Crippen molar-refractivity contribution in [1.29, 1.82) is 0 Å². The molecule has 2 amide bonds. The number of para-hydroxylation sites is 1. The van der Waals surface area contributed by atoms with E-state index in [1.807, 2.05) is 76.5 Å². The summed E-state index contributed by atoms with van der Waals surface area (Å²) in [5.74, 6) is 0.0272. The van der Waals surface area contributed by atoms with Crippen LogP contribution in [0.2, 0.25) is 0 Å². The Kier molecular flexibility index (Phi) is 8.52. The van der Waals surface area contributed by atoms with Crippen molar-refractivity contribution in [1.82, 2.24) is 19.3 Å². The van der Waals surface area contributed by atoms with Gasteiger partial charge in [0.2, 0.25) is 0 Å². The Bertz CT molecular complexity index is 1670. The summed E-state index contributed by atoms with van der Waals surface area (Å²) in [6.07, 6.45) is 0. The predicted octanol–water partition coefficient (Wildman–Crippen LogP) is 4.76. The quantitative estimate of drug-likeness (QED) is 0.318. The summed E-state index contributed by atoms with van der Waals surface area (Å²) in [7, 11) is 0. The highest BCUT2D eigenvalue weighted by Crippen LogP contribution is 2.32. The van der Waals surface area contributed by atoms with Gasteiger partial charge in [-0.25, -0.2) is 0 Å². The first-order chi connectivity index (χ1) is 22.0. The molecule has 2 fully saturated rings. The highest BCUT2D eigenvalue weighted by Gasteiger charge is 2.30. The van der Waals surface area contributed by atoms with Gasteiger partial charge in [0.25, 0.3) is 11.8 Å². The Morgan fingerprint density at radius 1 is 0.711 bits per heavy atom. The van der Waals surface area contributed by atoms with Crippen molar-refractivity contribution in [3.05, 3.63) is 113 Å². The predicted molar refractivity (Wildman–Crippen MR) is 177 cm³/mol. The number of aryl methyl sites for hydroxylation is 1. The molecule has 8 nitrogen and oxygen atoms in total. The fourth-order valence-corrected chi connectivity index (χ4v) is 6.87. The standard InChI is InChI=1S/C37H41N5O3/c1-28-25-30(11-13-33(28)29-7-3-2-4-8-29)36(43)42-27-32-12-14-35(41(32)26-31-9-5-6-10-34(31)42)37(44)40-19-17-38(18-20-40)15-16-39-21-23-45-24-22-39/h2-14,25H,15-24,26-27H2,1H3. The molecule has 45 heavy (non-hydrogen) atoms. The molecule has 0 aliphatic carbocycles. The van der Waals surface area contributed by atoms with Gasteiger partial charge in [0.15, 0.2) is 0 Å². The topological polar surface area (TPSA) is 61.3 Å². The SMILES string of the molecule is Cc1cc(C(=O)N2Cc3ccc(C(=O)N4CCN(CCN5CCOCC5)CC4)n3Cc3ccccc32)ccc1-c1ccccc1. The lowest BCUT2D eigenvalue weighted by Crippen LogP contribution is -2.51. The highest BCUT2D eigenvalue weighted by atomic mass is 16.5. The van der Waals surface area contributed by atoms with Crippen molar-refractivity contribution in [2.45, 2.75) is 20.0 Å². The van der Waals surface area contributed by atoms with Gasteiger partial charge in [0.1, 0.15) is 5.69 Å². The number of benzene rings is 3. The fraction of sp³-hybridized carbons (Fsp3) is 0.351. The third-order valence-corrected chi connectivity index (χ3v) is 9.52. The van der Waals surface area contributed by atoms with E-state index in [0.717, 1.165) is 99.2 Å². The van der Waals surface area contributed by atoms with E-state index in [2.05, 4.69) is 39.5 Å². The molecule has 0 radical (unpaired) electrons. The molecule has 4 heterocycles. The minimum atomic E-state index is -0.0408. The van der Waals surface area contributed by atoms with E-state index >= 15 is 0 Å². The van der Waals surface area contributed by atoms with Gasteiger partial charge in [-0.1, -0.05) is 54.6 Å². The van der Waals surface area contributed by atoms with E-state index in [-0.39, 0.29) is 11.8 Å². The van der Waals surface area contributed by atoms with Crippen LogP contribution in [-0.2, 0) is 17.8 Å². The lowest BCUT2D eigenvalue weighted by molar-refractivity contribution is 0.0292. The molecule has 2 saturated heterocycles. The van der Waals surface area contributed by atoms with Crippen LogP contribution in [0.5, 0.6) is 0 Å². The second-order valence-corrected chi connectivity index (χ2v) is 12.3. The summed E-state index contributed by atoms with van der Waals surface area (Å²) in [5, 5.41) is 0. The Hall–Kier alpha value is -4.24. The molecule has 4 aromatic rings. The molecule has 3 aliphatic heterocycles. The van der Waals surface area contributed by atoms with Gasteiger partial charge in [-0.15, -0.1) is 0 Å². The minimum Gasteiger partial charge on any atom is -0.379 e. The second kappa shape index (κ2) is 13.0. The molecule has 1 aromatic heterocycles. The summed E-state index contributed by atoms with van der Waals surface area (Å²) < 4.78 is 7.59. The number of aromatic nitrogens is 1. The maximum absolute atomic E-state index is 14.1. The Balaban J connectivity index is 1.08. The van der Waals surface area contributed by atoms with Gasteiger partial charge in [0, 0.05) is 69.3 Å². The molecule has 3 aliphatic rings. The van der Waals surface area contributed by atoms with E-state index in [1.54, 1.807) is 0 Å². The molecule has 8 heteroatoms. The summed E-state index contributed by atoms with van der Waals surface area (Å²) in [6.45, 7) is 12.0. The zero-order valence-electron chi connectivity index (χ0n) is 26.0. The summed E-state index contributed by atoms with van der Waals surface area (Å²) >= 11 is 0. The molecule has 0 bridgehead atoms. The number of ether oxygens (including phenoxy) is 1. The number of piperazine rings is 1. The first kappa shape index (κ1) is 29.5. The Labute approximate surface area is 265 Å². The van der Waals surface area contributed by atoms with Crippen LogP contribution >= 0.6 is 0 Å². The van der Waals surface area contributed by atoms with Crippen LogP contribution in [0.1, 0.15) is 37.7 Å². The fourth-order valence-electron chi connectivity index (χ4n) is 6.87. The second-order valence-electron chi connectivity index (χ2n) is 12.3. The average Bonchev–Trinajstić information content (AvgIpc) is 3.40. The van der Waals surface area contributed by atoms with Crippen LogP contribution in [0.25, 0.3) is 11.1 Å². The molecule has 0 N–H and O–H groups in total. The van der Waals surface area contributed by atoms with Crippen LogP contribution < -0.4 is 4.90 Å². The number of anilines is 1. The maximum atomic E-state index is 14.1. The number of fused-ring (bicyclic) bond motifs is 2. The van der Waals surface area contributed by atoms with Gasteiger partial charge in [-0.3, -0.25) is 19.4 Å². The molecule has 232 valence electrons. The summed E-state index contributed by atoms with van der Waals surface area (Å²) in [6, 6.07) is 28.3. The lowest BCUT2D eigenvalue weighted by atomic mass is 9.98. The number of carbonyl (C=O) groups is 2. The number of amides is 2. The number of hydrogen-bond acceptors (Lipinski definition) is 5. The van der Waals surface area contributed by atoms with E-state index < -0.39 is 0 Å². The highest BCUT2D eigenvalue weighted by molar-refractivity contribution is 6.07. The zero-order valence-corrected chi connectivity index (χ0v) is 26.0. The van der Waals surface area contributed by atoms with E-state index in [4.69, 9.17) is 4.74 Å². The van der Waals surface area contributed by atoms with E-state index in [9.17, 15) is 9.59 Å². The van der Waals surface area contributed by atoms with Gasteiger partial charge in [-0.05, 0) is 59.5 Å². The van der Waals surface area contributed by atoms with Crippen molar-refractivity contribution >= 4 is 17.5 Å². The number of morpholine rings is 1. The van der Waals surface area contributed by atoms with Gasteiger partial charge < -0.3 is 19.1 Å². The van der Waals surface area contributed by atoms with Crippen molar-refractivity contribution in [3.8, 4) is 11.1 Å². The smallest absolute Gasteiger partial charge is 0.270 e. The first-order valence-electron chi connectivity index (χ1n) is 16.1. The third-order valence-electron chi connectivity index (χ3n) is 9.52. The molecule has 3 aromatic carbocycles. The van der Waals surface area contributed by atoms with Crippen molar-refractivity contribution < 1.29 is 14.3 Å². The van der Waals surface area contributed by atoms with Crippen molar-refractivity contribution in [2.24, 2.45) is 0 Å². The van der Waals surface area contributed by atoms with Crippen LogP contribution in [-0.4, -0.2) is 96.7 Å². The Morgan fingerprint density at radius 3 is 2.18 bits per heavy atom. The minimum absolute atomic E-state index is 0.0408. The summed E-state index contributed by atoms with van der Waals surface area (Å²) in [5.41, 5.74) is 7.56. The summed E-state index contributed by atoms with van der Waals surface area (Å²) in [4.78, 5) is 36.8. The maximum Gasteiger partial charge on any atom is 0.270 e. The molecule has 0 saturated carbocycles. The average molecular weight is 604 g/mol. The first-order valence-corrected chi connectivity index (χ1v) is 16.1. The van der Waals surface area contributed by atoms with Gasteiger partial charge >= 0.3 is 0 Å². The molecule has 0 unspecified atom stereocenters. The molecule has 0 spiro atoms. The number of hydrogen-bond donors (Lipinski definition) is 0. The normalized spacial score (nSPS) is 17.4. The zero-order chi connectivity index (χ0) is 30.8. The number of rotatable bonds is 6. The molecule has 7 rings (SSSR count). The van der Waals surface area contributed by atoms with Crippen LogP contribution in [0, 0.1) is 6.92 Å². The van der Waals surface area contributed by atoms with Crippen molar-refractivity contribution in [2.75, 3.05) is 70.5 Å². The van der Waals surface area contributed by atoms with Gasteiger partial charge in [0.05, 0.1) is 26.3 Å². The van der Waals surface area contributed by atoms with E-state index in [1.165, 1.54) is 0 Å². The molecular weight excluding hydrogens is 562 g/mol. The van der Waals surface area contributed by atoms with Crippen LogP contribution in [0.4, 0.5) is 5.69 Å². The van der Waals surface area contributed by atoms with Crippen molar-refractivity contribution in [3.63, 3.8) is 0 Å². The monoisotopic (exact) mass is 603 g/mol. The Morgan fingerprint density at radius 2 is 1.42 bits per heavy atom.